The van der Waals surface area contributed by atoms with E-state index in [9.17, 15) is 14.4 Å². The Balaban J connectivity index is 3.28. The molecule has 7 nitrogen and oxygen atoms in total. The fourth-order valence-corrected chi connectivity index (χ4v) is 4.71. The Morgan fingerprint density at radius 1 is 1.29 bits per heavy atom. The molecule has 0 aromatic rings. The first-order valence-electron chi connectivity index (χ1n) is 7.87. The van der Waals surface area contributed by atoms with Crippen LogP contribution >= 0.6 is 12.6 Å². The lowest BCUT2D eigenvalue weighted by Crippen LogP contribution is -2.70. The van der Waals surface area contributed by atoms with Crippen LogP contribution in [-0.4, -0.2) is 58.8 Å². The Kier molecular flexibility index (Phi) is 6.32. The molecule has 0 radical (unpaired) electrons. The Bertz CT molecular complexity index is 507. The minimum atomic E-state index is -1.22. The van der Waals surface area contributed by atoms with Crippen LogP contribution in [0.3, 0.4) is 0 Å². The molecule has 1 aliphatic rings. The van der Waals surface area contributed by atoms with Crippen molar-refractivity contribution >= 4 is 30.5 Å². The molecule has 0 spiro atoms. The van der Waals surface area contributed by atoms with E-state index in [4.69, 9.17) is 15.6 Å². The van der Waals surface area contributed by atoms with E-state index in [0.717, 1.165) is 6.42 Å². The maximum atomic E-state index is 12.9. The van der Waals surface area contributed by atoms with E-state index in [2.05, 4.69) is 12.6 Å². The van der Waals surface area contributed by atoms with Gasteiger partial charge >= 0.3 is 11.9 Å². The zero-order chi connectivity index (χ0) is 18.9. The monoisotopic (exact) mass is 360 g/mol. The minimum Gasteiger partial charge on any atom is -0.481 e. The molecule has 24 heavy (non-hydrogen) atoms. The Labute approximate surface area is 148 Å². The highest BCUT2D eigenvalue weighted by molar-refractivity contribution is 7.80. The molecular formula is C16H28N2O5S. The summed E-state index contributed by atoms with van der Waals surface area (Å²) in [6, 6.07) is -2.40. The number of carbonyl (C=O) groups is 3. The molecule has 0 aromatic heterocycles. The summed E-state index contributed by atoms with van der Waals surface area (Å²) in [5, 5.41) is 8.92. The molecule has 2 atom stereocenters. The highest BCUT2D eigenvalue weighted by Gasteiger charge is 2.59. The summed E-state index contributed by atoms with van der Waals surface area (Å²) in [4.78, 5) is 37.4. The third-order valence-electron chi connectivity index (χ3n) is 4.62. The number of nitrogens with zero attached hydrogens (tertiary/aromatic N) is 1. The molecule has 0 heterocycles. The number of rotatable bonds is 7. The molecular weight excluding hydrogens is 332 g/mol. The number of carbonyl (C=O) groups excluding carboxylic acids is 2. The SMILES string of the molecule is COC(=O)[C@H](CS)N(C(=O)[C@@H](N)CC(=O)O)C1C(C)(C)CC1(C)C. The third-order valence-corrected chi connectivity index (χ3v) is 4.96. The van der Waals surface area contributed by atoms with Gasteiger partial charge in [0.2, 0.25) is 5.91 Å². The average Bonchev–Trinajstić information content (AvgIpc) is 2.43. The predicted molar refractivity (Wildman–Crippen MR) is 92.7 cm³/mol. The smallest absolute Gasteiger partial charge is 0.329 e. The molecule has 0 bridgehead atoms. The van der Waals surface area contributed by atoms with Gasteiger partial charge in [-0.1, -0.05) is 27.7 Å². The fraction of sp³-hybridized carbons (Fsp3) is 0.812. The topological polar surface area (TPSA) is 110 Å². The van der Waals surface area contributed by atoms with Crippen molar-refractivity contribution < 1.29 is 24.2 Å². The molecule has 0 aliphatic heterocycles. The Hall–Kier alpha value is -1.28. The first kappa shape index (κ1) is 20.8. The second-order valence-corrected chi connectivity index (χ2v) is 8.09. The molecule has 8 heteroatoms. The zero-order valence-corrected chi connectivity index (χ0v) is 15.8. The quantitative estimate of drug-likeness (QED) is 0.460. The van der Waals surface area contributed by atoms with Crippen molar-refractivity contribution in [2.45, 2.75) is 58.7 Å². The van der Waals surface area contributed by atoms with Gasteiger partial charge in [-0.05, 0) is 17.3 Å². The van der Waals surface area contributed by atoms with Gasteiger partial charge < -0.3 is 20.5 Å². The summed E-state index contributed by atoms with van der Waals surface area (Å²) in [5.74, 6) is -2.24. The van der Waals surface area contributed by atoms with E-state index >= 15 is 0 Å². The lowest BCUT2D eigenvalue weighted by molar-refractivity contribution is -0.175. The van der Waals surface area contributed by atoms with Gasteiger partial charge in [-0.2, -0.15) is 12.6 Å². The number of nitrogens with two attached hydrogens (primary N) is 1. The van der Waals surface area contributed by atoms with E-state index in [-0.39, 0.29) is 22.6 Å². The maximum absolute atomic E-state index is 12.9. The lowest BCUT2D eigenvalue weighted by Gasteiger charge is -2.62. The minimum absolute atomic E-state index is 0.0703. The summed E-state index contributed by atoms with van der Waals surface area (Å²) < 4.78 is 4.81. The van der Waals surface area contributed by atoms with Gasteiger partial charge in [0.25, 0.3) is 0 Å². The van der Waals surface area contributed by atoms with Crippen LogP contribution in [0.4, 0.5) is 0 Å². The Morgan fingerprint density at radius 3 is 2.12 bits per heavy atom. The number of thiol groups is 1. The van der Waals surface area contributed by atoms with E-state index in [1.807, 2.05) is 27.7 Å². The van der Waals surface area contributed by atoms with Crippen molar-refractivity contribution in [3.63, 3.8) is 0 Å². The molecule has 1 rings (SSSR count). The normalized spacial score (nSPS) is 21.3. The highest BCUT2D eigenvalue weighted by Crippen LogP contribution is 2.56. The summed E-state index contributed by atoms with van der Waals surface area (Å²) in [6.07, 6.45) is 0.368. The summed E-state index contributed by atoms with van der Waals surface area (Å²) in [7, 11) is 1.25. The molecule has 1 aliphatic carbocycles. The number of aliphatic carboxylic acids is 1. The molecule has 1 amide bonds. The second-order valence-electron chi connectivity index (χ2n) is 7.73. The van der Waals surface area contributed by atoms with Gasteiger partial charge in [-0.25, -0.2) is 4.79 Å². The number of hydrogen-bond donors (Lipinski definition) is 3. The zero-order valence-electron chi connectivity index (χ0n) is 14.9. The largest absolute Gasteiger partial charge is 0.481 e. The van der Waals surface area contributed by atoms with Crippen LogP contribution < -0.4 is 5.73 Å². The van der Waals surface area contributed by atoms with Crippen LogP contribution in [0, 0.1) is 10.8 Å². The number of esters is 1. The molecule has 0 saturated heterocycles. The standard InChI is InChI=1S/C16H28N2O5S/c1-15(2)8-16(3,4)14(15)18(10(7-24)13(22)23-5)12(21)9(17)6-11(19)20/h9-10,14,24H,6-8,17H2,1-5H3,(H,19,20)/t9-,10-/m0/s1. The summed E-state index contributed by atoms with van der Waals surface area (Å²) in [5.41, 5.74) is 5.35. The summed E-state index contributed by atoms with van der Waals surface area (Å²) >= 11 is 4.20. The van der Waals surface area contributed by atoms with Crippen LogP contribution in [-0.2, 0) is 19.1 Å². The van der Waals surface area contributed by atoms with Gasteiger partial charge in [0, 0.05) is 11.8 Å². The van der Waals surface area contributed by atoms with Crippen molar-refractivity contribution in [3.8, 4) is 0 Å². The number of hydrogen-bond acceptors (Lipinski definition) is 6. The number of amides is 1. The van der Waals surface area contributed by atoms with Crippen LogP contribution in [0.1, 0.15) is 40.5 Å². The van der Waals surface area contributed by atoms with Gasteiger partial charge in [0.05, 0.1) is 19.6 Å². The molecule has 138 valence electrons. The van der Waals surface area contributed by atoms with E-state index in [0.29, 0.717) is 0 Å². The Morgan fingerprint density at radius 2 is 1.79 bits per heavy atom. The average molecular weight is 360 g/mol. The van der Waals surface area contributed by atoms with E-state index in [1.54, 1.807) is 0 Å². The third kappa shape index (κ3) is 4.03. The van der Waals surface area contributed by atoms with Gasteiger partial charge in [0.15, 0.2) is 0 Å². The maximum Gasteiger partial charge on any atom is 0.329 e. The van der Waals surface area contributed by atoms with Gasteiger partial charge in [-0.3, -0.25) is 9.59 Å². The molecule has 1 saturated carbocycles. The number of ether oxygens (including phenoxy) is 1. The first-order chi connectivity index (χ1) is 10.9. The van der Waals surface area contributed by atoms with Crippen molar-refractivity contribution in [2.24, 2.45) is 16.6 Å². The molecule has 0 unspecified atom stereocenters. The lowest BCUT2D eigenvalue weighted by atomic mass is 9.51. The van der Waals surface area contributed by atoms with Crippen LogP contribution in [0.5, 0.6) is 0 Å². The van der Waals surface area contributed by atoms with Crippen molar-refractivity contribution in [1.82, 2.24) is 4.90 Å². The fourth-order valence-electron chi connectivity index (χ4n) is 4.39. The molecule has 1 fully saturated rings. The number of carboxylic acid groups (broad SMARTS) is 1. The van der Waals surface area contributed by atoms with Crippen molar-refractivity contribution in [1.29, 1.82) is 0 Å². The van der Waals surface area contributed by atoms with Crippen LogP contribution in [0.25, 0.3) is 0 Å². The van der Waals surface area contributed by atoms with E-state index in [1.165, 1.54) is 12.0 Å². The second kappa shape index (κ2) is 7.31. The highest BCUT2D eigenvalue weighted by atomic mass is 32.1. The first-order valence-corrected chi connectivity index (χ1v) is 8.50. The molecule has 3 N–H and O–H groups in total. The molecule has 0 aromatic carbocycles. The van der Waals surface area contributed by atoms with Gasteiger partial charge in [0.1, 0.15) is 6.04 Å². The van der Waals surface area contributed by atoms with Crippen LogP contribution in [0.15, 0.2) is 0 Å². The van der Waals surface area contributed by atoms with Crippen molar-refractivity contribution in [2.75, 3.05) is 12.9 Å². The predicted octanol–water partition coefficient (Wildman–Crippen LogP) is 0.913. The van der Waals surface area contributed by atoms with Crippen LogP contribution in [0.2, 0.25) is 0 Å². The number of methoxy groups -OCH3 is 1. The van der Waals surface area contributed by atoms with Gasteiger partial charge in [-0.15, -0.1) is 0 Å². The summed E-state index contributed by atoms with van der Waals surface area (Å²) in [6.45, 7) is 8.05. The number of carboxylic acids is 1. The van der Waals surface area contributed by atoms with E-state index < -0.39 is 36.4 Å². The van der Waals surface area contributed by atoms with Crippen molar-refractivity contribution in [3.05, 3.63) is 0 Å².